The van der Waals surface area contributed by atoms with Crippen LogP contribution >= 0.6 is 0 Å². The van der Waals surface area contributed by atoms with E-state index in [1.807, 2.05) is 22.9 Å². The minimum Gasteiger partial charge on any atom is -0.382 e. The van der Waals surface area contributed by atoms with Crippen molar-refractivity contribution < 1.29 is 4.74 Å². The van der Waals surface area contributed by atoms with Crippen molar-refractivity contribution in [2.24, 2.45) is 10.7 Å². The highest BCUT2D eigenvalue weighted by molar-refractivity contribution is 6.05. The molecule has 2 atom stereocenters. The molecule has 5 rings (SSSR count). The lowest BCUT2D eigenvalue weighted by molar-refractivity contribution is -0.0681. The first-order valence-electron chi connectivity index (χ1n) is 13.4. The molecule has 0 saturated carbocycles. The van der Waals surface area contributed by atoms with Crippen LogP contribution in [0.1, 0.15) is 43.6 Å². The lowest BCUT2D eigenvalue weighted by Crippen LogP contribution is -2.45. The van der Waals surface area contributed by atoms with Crippen molar-refractivity contribution in [1.29, 1.82) is 5.41 Å². The van der Waals surface area contributed by atoms with Crippen LogP contribution in [0, 0.1) is 5.41 Å². The molecular weight excluding hydrogens is 474 g/mol. The van der Waals surface area contributed by atoms with Gasteiger partial charge in [0.15, 0.2) is 0 Å². The summed E-state index contributed by atoms with van der Waals surface area (Å²) in [4.78, 5) is 10.0. The Bertz CT molecular complexity index is 1390. The molecule has 38 heavy (non-hydrogen) atoms. The van der Waals surface area contributed by atoms with Crippen LogP contribution in [-0.2, 0) is 17.7 Å². The molecule has 8 heteroatoms. The zero-order valence-electron chi connectivity index (χ0n) is 22.2. The number of aliphatic imine (C=N–C) groups is 1. The minimum absolute atomic E-state index is 0.297. The molecule has 0 amide bonds. The SMILES string of the molecule is C[C@@H]1CN(CCCCc2cc(-c3ccc4cn(Cc5ccccc5)nc4c3)c(C(N)=NC=N)[nH]2)C[C@H](C)O1. The van der Waals surface area contributed by atoms with Gasteiger partial charge in [-0.1, -0.05) is 42.5 Å². The van der Waals surface area contributed by atoms with Crippen molar-refractivity contribution in [2.75, 3.05) is 19.6 Å². The number of fused-ring (bicyclic) bond motifs is 1. The molecule has 1 fully saturated rings. The van der Waals surface area contributed by atoms with Crippen LogP contribution in [0.15, 0.2) is 65.8 Å². The Morgan fingerprint density at radius 2 is 1.92 bits per heavy atom. The molecule has 4 N–H and O–H groups in total. The molecule has 8 nitrogen and oxygen atoms in total. The molecule has 1 saturated heterocycles. The smallest absolute Gasteiger partial charge is 0.149 e. The first-order valence-corrected chi connectivity index (χ1v) is 13.4. The maximum absolute atomic E-state index is 7.40. The predicted molar refractivity (Wildman–Crippen MR) is 154 cm³/mol. The van der Waals surface area contributed by atoms with Gasteiger partial charge in [-0.3, -0.25) is 15.0 Å². The third kappa shape index (κ3) is 6.20. The van der Waals surface area contributed by atoms with Crippen molar-refractivity contribution in [2.45, 2.75) is 51.9 Å². The highest BCUT2D eigenvalue weighted by Crippen LogP contribution is 2.29. The average Bonchev–Trinajstić information content (AvgIpc) is 3.50. The quantitative estimate of drug-likeness (QED) is 0.161. The maximum atomic E-state index is 7.40. The Morgan fingerprint density at radius 1 is 1.13 bits per heavy atom. The van der Waals surface area contributed by atoms with Crippen molar-refractivity contribution >= 4 is 23.1 Å². The number of hydrogen-bond donors (Lipinski definition) is 3. The standard InChI is InChI=1S/C30H37N7O/c1-21-16-36(17-22(2)38-21)13-7-6-10-26-15-27(29(34-26)30(32)33-20-31)24-11-12-25-19-37(35-28(25)14-24)18-23-8-4-3-5-9-23/h3-5,8-9,11-12,14-15,19-22,34H,6-7,10,13,16-18H2,1-2H3,(H3,31,32,33)/t21-,22+. The summed E-state index contributed by atoms with van der Waals surface area (Å²) in [6, 6.07) is 18.8. The Labute approximate surface area is 224 Å². The molecule has 198 valence electrons. The van der Waals surface area contributed by atoms with E-state index in [4.69, 9.17) is 21.0 Å². The van der Waals surface area contributed by atoms with E-state index < -0.39 is 0 Å². The van der Waals surface area contributed by atoms with E-state index in [-0.39, 0.29) is 0 Å². The van der Waals surface area contributed by atoms with Crippen molar-refractivity contribution in [3.05, 3.63) is 77.7 Å². The van der Waals surface area contributed by atoms with Crippen LogP contribution < -0.4 is 5.73 Å². The monoisotopic (exact) mass is 511 g/mol. The fourth-order valence-corrected chi connectivity index (χ4v) is 5.41. The van der Waals surface area contributed by atoms with Gasteiger partial charge in [-0.2, -0.15) is 5.10 Å². The molecule has 3 heterocycles. The fourth-order valence-electron chi connectivity index (χ4n) is 5.41. The van der Waals surface area contributed by atoms with Gasteiger partial charge >= 0.3 is 0 Å². The number of amidine groups is 1. The second-order valence-corrected chi connectivity index (χ2v) is 10.3. The van der Waals surface area contributed by atoms with Gasteiger partial charge in [0.1, 0.15) is 12.2 Å². The topological polar surface area (TPSA) is 108 Å². The van der Waals surface area contributed by atoms with Gasteiger partial charge in [0.2, 0.25) is 0 Å². The fraction of sp³-hybridized carbons (Fsp3) is 0.367. The molecule has 1 aliphatic heterocycles. The van der Waals surface area contributed by atoms with Crippen molar-refractivity contribution in [3.8, 4) is 11.1 Å². The Kier molecular flexibility index (Phi) is 8.00. The molecule has 4 aromatic rings. The van der Waals surface area contributed by atoms with E-state index in [9.17, 15) is 0 Å². The number of hydrogen-bond acceptors (Lipinski definition) is 4. The maximum Gasteiger partial charge on any atom is 0.149 e. The summed E-state index contributed by atoms with van der Waals surface area (Å²) in [7, 11) is 0. The van der Waals surface area contributed by atoms with Gasteiger partial charge in [0.05, 0.1) is 30.0 Å². The van der Waals surface area contributed by atoms with Crippen LogP contribution in [0.5, 0.6) is 0 Å². The molecule has 0 spiro atoms. The van der Waals surface area contributed by atoms with Crippen molar-refractivity contribution in [1.82, 2.24) is 19.7 Å². The Balaban J connectivity index is 1.31. The van der Waals surface area contributed by atoms with Gasteiger partial charge in [-0.25, -0.2) is 4.99 Å². The summed E-state index contributed by atoms with van der Waals surface area (Å²) in [5.41, 5.74) is 12.3. The molecule has 0 aliphatic carbocycles. The molecule has 1 aliphatic rings. The number of benzene rings is 2. The van der Waals surface area contributed by atoms with E-state index >= 15 is 0 Å². The predicted octanol–water partition coefficient (Wildman–Crippen LogP) is 4.82. The third-order valence-corrected chi connectivity index (χ3v) is 7.05. The van der Waals surface area contributed by atoms with Gasteiger partial charge in [-0.05, 0) is 62.9 Å². The van der Waals surface area contributed by atoms with E-state index in [0.29, 0.717) is 18.0 Å². The number of nitrogens with one attached hydrogen (secondary N) is 2. The largest absolute Gasteiger partial charge is 0.382 e. The number of nitrogens with two attached hydrogens (primary N) is 1. The second-order valence-electron chi connectivity index (χ2n) is 10.3. The number of nitrogens with zero attached hydrogens (tertiary/aromatic N) is 4. The van der Waals surface area contributed by atoms with E-state index in [1.165, 1.54) is 5.56 Å². The normalized spacial score (nSPS) is 18.7. The third-order valence-electron chi connectivity index (χ3n) is 7.05. The van der Waals surface area contributed by atoms with Crippen LogP contribution in [-0.4, -0.2) is 63.7 Å². The van der Waals surface area contributed by atoms with Crippen LogP contribution in [0.4, 0.5) is 0 Å². The lowest BCUT2D eigenvalue weighted by Gasteiger charge is -2.35. The summed E-state index contributed by atoms with van der Waals surface area (Å²) in [5.74, 6) is 0.312. The number of morpholine rings is 1. The van der Waals surface area contributed by atoms with Gasteiger partial charge in [0, 0.05) is 35.9 Å². The number of H-pyrrole nitrogens is 1. The summed E-state index contributed by atoms with van der Waals surface area (Å²) >= 11 is 0. The molecular formula is C30H37N7O. The number of aryl methyl sites for hydroxylation is 1. The first kappa shape index (κ1) is 25.9. The highest BCUT2D eigenvalue weighted by atomic mass is 16.5. The molecule has 0 unspecified atom stereocenters. The number of unbranched alkanes of at least 4 members (excludes halogenated alkanes) is 1. The summed E-state index contributed by atoms with van der Waals surface area (Å²) in [6.45, 7) is 8.11. The number of aromatic nitrogens is 3. The second kappa shape index (κ2) is 11.8. The van der Waals surface area contributed by atoms with Crippen LogP contribution in [0.2, 0.25) is 0 Å². The van der Waals surface area contributed by atoms with E-state index in [0.717, 1.165) is 85.2 Å². The van der Waals surface area contributed by atoms with Gasteiger partial charge < -0.3 is 15.5 Å². The highest BCUT2D eigenvalue weighted by Gasteiger charge is 2.21. The first-order chi connectivity index (χ1) is 18.5. The van der Waals surface area contributed by atoms with E-state index in [2.05, 4.69) is 71.3 Å². The minimum atomic E-state index is 0.297. The number of rotatable bonds is 10. The lowest BCUT2D eigenvalue weighted by atomic mass is 10.0. The molecule has 2 aromatic heterocycles. The molecule has 0 radical (unpaired) electrons. The Morgan fingerprint density at radius 3 is 2.68 bits per heavy atom. The number of ether oxygens (including phenoxy) is 1. The van der Waals surface area contributed by atoms with Gasteiger partial charge in [0.25, 0.3) is 0 Å². The zero-order valence-corrected chi connectivity index (χ0v) is 22.2. The average molecular weight is 512 g/mol. The molecule has 2 aromatic carbocycles. The zero-order chi connectivity index (χ0) is 26.5. The summed E-state index contributed by atoms with van der Waals surface area (Å²) in [5, 5.41) is 13.3. The summed E-state index contributed by atoms with van der Waals surface area (Å²) < 4.78 is 7.84. The van der Waals surface area contributed by atoms with Crippen molar-refractivity contribution in [3.63, 3.8) is 0 Å². The number of aromatic amines is 1. The Hall–Kier alpha value is -3.75. The van der Waals surface area contributed by atoms with Gasteiger partial charge in [-0.15, -0.1) is 0 Å². The molecule has 0 bridgehead atoms. The van der Waals surface area contributed by atoms with Crippen LogP contribution in [0.25, 0.3) is 22.0 Å². The van der Waals surface area contributed by atoms with E-state index in [1.54, 1.807) is 0 Å². The van der Waals surface area contributed by atoms with Crippen LogP contribution in [0.3, 0.4) is 0 Å². The summed E-state index contributed by atoms with van der Waals surface area (Å²) in [6.07, 6.45) is 6.78.